The quantitative estimate of drug-likeness (QED) is 0.503. The first-order valence-electron chi connectivity index (χ1n) is 7.85. The number of methoxy groups -OCH3 is 1. The van der Waals surface area contributed by atoms with Gasteiger partial charge in [-0.05, 0) is 43.0 Å². The fraction of sp³-hybridized carbons (Fsp3) is 0.444. The van der Waals surface area contributed by atoms with Crippen LogP contribution in [0.1, 0.15) is 20.8 Å². The number of carbonyl (C=O) groups excluding carboxylic acids is 2. The number of nitrogens with zero attached hydrogens (tertiary/aromatic N) is 1. The molecule has 0 spiro atoms. The molecule has 0 saturated carbocycles. The molecule has 1 aromatic rings. The Labute approximate surface area is 148 Å². The number of benzene rings is 1. The maximum atomic E-state index is 12.7. The number of ether oxygens (including phenoxy) is 2. The Kier molecular flexibility index (Phi) is 8.40. The van der Waals surface area contributed by atoms with Crippen LogP contribution in [-0.2, 0) is 14.3 Å². The van der Waals surface area contributed by atoms with Gasteiger partial charge in [0.05, 0.1) is 7.11 Å². The zero-order chi connectivity index (χ0) is 18.1. The van der Waals surface area contributed by atoms with E-state index >= 15 is 0 Å². The van der Waals surface area contributed by atoms with Gasteiger partial charge in [-0.3, -0.25) is 9.59 Å². The number of hydrogen-bond donors (Lipinski definition) is 0. The minimum atomic E-state index is -0.712. The zero-order valence-electron chi connectivity index (χ0n) is 14.7. The Morgan fingerprint density at radius 3 is 2.33 bits per heavy atom. The first kappa shape index (κ1) is 20.1. The predicted molar refractivity (Wildman–Crippen MR) is 98.7 cm³/mol. The van der Waals surface area contributed by atoms with E-state index in [9.17, 15) is 9.59 Å². The molecule has 0 aliphatic rings. The van der Waals surface area contributed by atoms with Crippen LogP contribution < -0.4 is 9.64 Å². The smallest absolute Gasteiger partial charge is 0.303 e. The number of rotatable bonds is 9. The third-order valence-corrected chi connectivity index (χ3v) is 4.27. The van der Waals surface area contributed by atoms with E-state index in [-0.39, 0.29) is 5.12 Å². The molecule has 132 valence electrons. The highest BCUT2D eigenvalue weighted by Crippen LogP contribution is 2.26. The Hall–Kier alpha value is -1.95. The normalized spacial score (nSPS) is 12.8. The largest absolute Gasteiger partial charge is 0.497 e. The van der Waals surface area contributed by atoms with Crippen molar-refractivity contribution in [1.29, 1.82) is 0 Å². The summed E-state index contributed by atoms with van der Waals surface area (Å²) in [6.07, 6.45) is 0.794. The van der Waals surface area contributed by atoms with Crippen molar-refractivity contribution in [2.75, 3.05) is 24.3 Å². The van der Waals surface area contributed by atoms with Gasteiger partial charge in [-0.1, -0.05) is 25.3 Å². The Morgan fingerprint density at radius 2 is 1.92 bits per heavy atom. The molecule has 0 aromatic heterocycles. The monoisotopic (exact) mass is 351 g/mol. The van der Waals surface area contributed by atoms with Crippen molar-refractivity contribution >= 4 is 28.5 Å². The first-order valence-corrected chi connectivity index (χ1v) is 8.84. The van der Waals surface area contributed by atoms with Crippen molar-refractivity contribution in [2.24, 2.45) is 0 Å². The number of hydrogen-bond acceptors (Lipinski definition) is 6. The Balaban J connectivity index is 3.22. The number of likely N-dealkylation sites (N-methyl/N-ethyl adjacent to an activating group) is 1. The molecule has 1 rings (SSSR count). The summed E-state index contributed by atoms with van der Waals surface area (Å²) in [6.45, 7) is 9.51. The zero-order valence-corrected chi connectivity index (χ0v) is 15.5. The molecule has 2 atom stereocenters. The molecule has 0 N–H and O–H groups in total. The van der Waals surface area contributed by atoms with E-state index in [1.807, 2.05) is 43.0 Å². The summed E-state index contributed by atoms with van der Waals surface area (Å²) < 4.78 is 10.5. The van der Waals surface area contributed by atoms with Crippen molar-refractivity contribution in [3.8, 4) is 5.75 Å². The fourth-order valence-electron chi connectivity index (χ4n) is 2.41. The minimum Gasteiger partial charge on any atom is -0.497 e. The van der Waals surface area contributed by atoms with Gasteiger partial charge >= 0.3 is 5.97 Å². The molecule has 0 bridgehead atoms. The van der Waals surface area contributed by atoms with E-state index < -0.39 is 18.1 Å². The van der Waals surface area contributed by atoms with Crippen LogP contribution in [0.2, 0.25) is 0 Å². The van der Waals surface area contributed by atoms with Gasteiger partial charge in [-0.15, -0.1) is 0 Å². The lowest BCUT2D eigenvalue weighted by Gasteiger charge is -2.35. The van der Waals surface area contributed by atoms with Crippen LogP contribution >= 0.6 is 11.8 Å². The summed E-state index contributed by atoms with van der Waals surface area (Å²) >= 11 is 1.21. The highest BCUT2D eigenvalue weighted by atomic mass is 32.2. The lowest BCUT2D eigenvalue weighted by Crippen LogP contribution is -2.49. The lowest BCUT2D eigenvalue weighted by atomic mass is 10.1. The standard InChI is InChI=1S/C18H25NO4S/c1-6-16(23-13(4)20)17(18(21)24-8-3)19(7-2)14-9-11-15(22-5)12-10-14/h6,9-12,16-17H,1,7-8H2,2-5H3. The van der Waals surface area contributed by atoms with Crippen LogP contribution in [0.15, 0.2) is 36.9 Å². The second-order valence-electron chi connectivity index (χ2n) is 4.99. The van der Waals surface area contributed by atoms with Crippen LogP contribution in [-0.4, -0.2) is 42.6 Å². The summed E-state index contributed by atoms with van der Waals surface area (Å²) in [7, 11) is 1.60. The highest BCUT2D eigenvalue weighted by Gasteiger charge is 2.34. The molecule has 0 aliphatic carbocycles. The minimum absolute atomic E-state index is 0.0543. The third-order valence-electron chi connectivity index (χ3n) is 3.45. The van der Waals surface area contributed by atoms with Gasteiger partial charge in [0.15, 0.2) is 0 Å². The molecule has 0 saturated heterocycles. The molecule has 1 aromatic carbocycles. The van der Waals surface area contributed by atoms with E-state index in [0.29, 0.717) is 12.3 Å². The van der Waals surface area contributed by atoms with Crippen LogP contribution in [0.4, 0.5) is 5.69 Å². The van der Waals surface area contributed by atoms with Crippen LogP contribution in [0, 0.1) is 0 Å². The Morgan fingerprint density at radius 1 is 1.29 bits per heavy atom. The molecule has 0 heterocycles. The molecule has 2 unspecified atom stereocenters. The predicted octanol–water partition coefficient (Wildman–Crippen LogP) is 3.29. The van der Waals surface area contributed by atoms with E-state index in [0.717, 1.165) is 11.4 Å². The van der Waals surface area contributed by atoms with Gasteiger partial charge in [0.1, 0.15) is 17.9 Å². The van der Waals surface area contributed by atoms with Gasteiger partial charge < -0.3 is 14.4 Å². The summed E-state index contributed by atoms with van der Waals surface area (Å²) in [6, 6.07) is 6.80. The van der Waals surface area contributed by atoms with Crippen molar-refractivity contribution in [2.45, 2.75) is 32.9 Å². The number of carbonyl (C=O) groups is 2. The van der Waals surface area contributed by atoms with E-state index in [1.165, 1.54) is 24.8 Å². The summed E-state index contributed by atoms with van der Waals surface area (Å²) in [5, 5.41) is -0.0543. The van der Waals surface area contributed by atoms with Gasteiger partial charge in [-0.25, -0.2) is 0 Å². The molecule has 0 aliphatic heterocycles. The van der Waals surface area contributed by atoms with Crippen molar-refractivity contribution in [3.63, 3.8) is 0 Å². The summed E-state index contributed by atoms with van der Waals surface area (Å²) in [4.78, 5) is 26.0. The number of anilines is 1. The summed E-state index contributed by atoms with van der Waals surface area (Å²) in [5.74, 6) is 0.949. The molecule has 6 heteroatoms. The van der Waals surface area contributed by atoms with Gasteiger partial charge in [-0.2, -0.15) is 0 Å². The number of thioether (sulfide) groups is 1. The van der Waals surface area contributed by atoms with E-state index in [4.69, 9.17) is 9.47 Å². The second-order valence-corrected chi connectivity index (χ2v) is 6.26. The molecule has 5 nitrogen and oxygen atoms in total. The molecule has 0 amide bonds. The topological polar surface area (TPSA) is 55.8 Å². The average molecular weight is 351 g/mol. The van der Waals surface area contributed by atoms with Crippen LogP contribution in [0.25, 0.3) is 0 Å². The van der Waals surface area contributed by atoms with Crippen LogP contribution in [0.5, 0.6) is 5.75 Å². The fourth-order valence-corrected chi connectivity index (χ4v) is 3.13. The van der Waals surface area contributed by atoms with Crippen molar-refractivity contribution < 1.29 is 19.1 Å². The lowest BCUT2D eigenvalue weighted by molar-refractivity contribution is -0.145. The molecule has 0 fully saturated rings. The SMILES string of the molecule is C=CC(OC(C)=O)C(C(=O)SCC)N(CC)c1ccc(OC)cc1. The van der Waals surface area contributed by atoms with Crippen LogP contribution in [0.3, 0.4) is 0 Å². The number of esters is 1. The second kappa shape index (κ2) is 10.0. The third kappa shape index (κ3) is 5.30. The Bertz CT molecular complexity index is 559. The molecular formula is C18H25NO4S. The molecular weight excluding hydrogens is 326 g/mol. The van der Waals surface area contributed by atoms with Crippen molar-refractivity contribution in [3.05, 3.63) is 36.9 Å². The molecule has 24 heavy (non-hydrogen) atoms. The summed E-state index contributed by atoms with van der Waals surface area (Å²) in [5.41, 5.74) is 0.854. The maximum absolute atomic E-state index is 12.7. The first-order chi connectivity index (χ1) is 11.5. The van der Waals surface area contributed by atoms with E-state index in [1.54, 1.807) is 7.11 Å². The van der Waals surface area contributed by atoms with Gasteiger partial charge in [0.2, 0.25) is 5.12 Å². The highest BCUT2D eigenvalue weighted by molar-refractivity contribution is 8.13. The average Bonchev–Trinajstić information content (AvgIpc) is 2.58. The van der Waals surface area contributed by atoms with Gasteiger partial charge in [0.25, 0.3) is 0 Å². The van der Waals surface area contributed by atoms with E-state index in [2.05, 4.69) is 6.58 Å². The van der Waals surface area contributed by atoms with Gasteiger partial charge in [0, 0.05) is 19.2 Å². The van der Waals surface area contributed by atoms with Crippen molar-refractivity contribution in [1.82, 2.24) is 0 Å². The molecule has 0 radical (unpaired) electrons. The maximum Gasteiger partial charge on any atom is 0.303 e.